The van der Waals surface area contributed by atoms with E-state index in [2.05, 4.69) is 0 Å². The summed E-state index contributed by atoms with van der Waals surface area (Å²) in [5.74, 6) is 0. The molecule has 0 N–H and O–H groups in total. The topological polar surface area (TPSA) is 34.1 Å². The van der Waals surface area contributed by atoms with Gasteiger partial charge in [0.2, 0.25) is 9.84 Å². The van der Waals surface area contributed by atoms with Gasteiger partial charge in [0.05, 0.1) is 10.3 Å². The Hall–Kier alpha value is -0.510. The molecule has 5 heteroatoms. The standard InChI is InChI=1S/C8H5ClO2S.ClH/c9-7-3-1-6(2-4-7)8-5-12(8,10)11;/h1-5H;1H/p-1. The van der Waals surface area contributed by atoms with E-state index in [9.17, 15) is 8.42 Å². The second kappa shape index (κ2) is 3.33. The maximum atomic E-state index is 10.8. The summed E-state index contributed by atoms with van der Waals surface area (Å²) < 4.78 is 21.7. The maximum Gasteiger partial charge on any atom is 0.202 e. The molecule has 0 aromatic heterocycles. The molecule has 0 amide bonds. The zero-order chi connectivity index (χ0) is 8.77. The summed E-state index contributed by atoms with van der Waals surface area (Å²) in [6.07, 6.45) is 0. The average molecular weight is 236 g/mol. The van der Waals surface area contributed by atoms with E-state index in [1.165, 1.54) is 5.41 Å². The fourth-order valence-corrected chi connectivity index (χ4v) is 2.16. The van der Waals surface area contributed by atoms with Crippen molar-refractivity contribution < 1.29 is 20.8 Å². The van der Waals surface area contributed by atoms with Gasteiger partial charge < -0.3 is 12.4 Å². The molecule has 0 saturated heterocycles. The number of rotatable bonds is 1. The highest BCUT2D eigenvalue weighted by atomic mass is 35.5. The van der Waals surface area contributed by atoms with E-state index in [0.29, 0.717) is 15.5 Å². The lowest BCUT2D eigenvalue weighted by molar-refractivity contribution is -0.00000451. The smallest absolute Gasteiger partial charge is 0.202 e. The van der Waals surface area contributed by atoms with Crippen LogP contribution in [0.15, 0.2) is 29.7 Å². The van der Waals surface area contributed by atoms with E-state index in [1.807, 2.05) is 0 Å². The minimum absolute atomic E-state index is 0. The third-order valence-corrected chi connectivity index (χ3v) is 3.15. The zero-order valence-corrected chi connectivity index (χ0v) is 8.70. The van der Waals surface area contributed by atoms with E-state index < -0.39 is 9.84 Å². The van der Waals surface area contributed by atoms with Gasteiger partial charge in [-0.05, 0) is 17.7 Å². The highest BCUT2D eigenvalue weighted by molar-refractivity contribution is 8.10. The first-order valence-electron chi connectivity index (χ1n) is 3.32. The molecule has 1 aromatic carbocycles. The summed E-state index contributed by atoms with van der Waals surface area (Å²) in [4.78, 5) is 0.402. The van der Waals surface area contributed by atoms with E-state index in [4.69, 9.17) is 11.6 Å². The van der Waals surface area contributed by atoms with Gasteiger partial charge >= 0.3 is 0 Å². The van der Waals surface area contributed by atoms with Crippen LogP contribution in [-0.4, -0.2) is 8.42 Å². The highest BCUT2D eigenvalue weighted by Crippen LogP contribution is 2.35. The largest absolute Gasteiger partial charge is 1.00 e. The molecule has 0 unspecified atom stereocenters. The molecule has 0 atom stereocenters. The van der Waals surface area contributed by atoms with Crippen LogP contribution in [0, 0.1) is 0 Å². The number of benzene rings is 1. The predicted molar refractivity (Wildman–Crippen MR) is 48.3 cm³/mol. The van der Waals surface area contributed by atoms with E-state index >= 15 is 0 Å². The Morgan fingerprint density at radius 1 is 1.08 bits per heavy atom. The summed E-state index contributed by atoms with van der Waals surface area (Å²) in [6, 6.07) is 6.73. The van der Waals surface area contributed by atoms with Crippen molar-refractivity contribution in [3.8, 4) is 0 Å². The van der Waals surface area contributed by atoms with Crippen molar-refractivity contribution in [1.82, 2.24) is 0 Å². The van der Waals surface area contributed by atoms with E-state index in [1.54, 1.807) is 24.3 Å². The van der Waals surface area contributed by atoms with Gasteiger partial charge in [0.15, 0.2) is 0 Å². The Balaban J connectivity index is 0.000000845. The Labute approximate surface area is 87.5 Å². The minimum Gasteiger partial charge on any atom is -1.00 e. The molecule has 0 fully saturated rings. The first-order chi connectivity index (χ1) is 5.59. The van der Waals surface area contributed by atoms with Crippen LogP contribution >= 0.6 is 11.6 Å². The summed E-state index contributed by atoms with van der Waals surface area (Å²) in [5, 5.41) is 1.85. The van der Waals surface area contributed by atoms with Gasteiger partial charge in [-0.2, -0.15) is 0 Å². The SMILES string of the molecule is O=S1(=O)C=C1c1ccc(Cl)cc1.[Cl-]. The van der Waals surface area contributed by atoms with Crippen LogP contribution < -0.4 is 12.4 Å². The van der Waals surface area contributed by atoms with Crippen molar-refractivity contribution in [2.45, 2.75) is 0 Å². The molecule has 0 aliphatic carbocycles. The Morgan fingerprint density at radius 2 is 1.54 bits per heavy atom. The fourth-order valence-electron chi connectivity index (χ4n) is 0.963. The van der Waals surface area contributed by atoms with Crippen molar-refractivity contribution in [2.24, 2.45) is 0 Å². The summed E-state index contributed by atoms with van der Waals surface area (Å²) in [6.45, 7) is 0. The molecule has 0 spiro atoms. The normalized spacial score (nSPS) is 17.2. The van der Waals surface area contributed by atoms with Crippen molar-refractivity contribution in [2.75, 3.05) is 0 Å². The van der Waals surface area contributed by atoms with Crippen LogP contribution in [0.25, 0.3) is 4.91 Å². The molecule has 1 aliphatic rings. The average Bonchev–Trinajstić information content (AvgIpc) is 2.61. The third kappa shape index (κ3) is 2.05. The van der Waals surface area contributed by atoms with Gasteiger partial charge in [-0.1, -0.05) is 23.7 Å². The molecule has 1 aliphatic heterocycles. The molecule has 1 heterocycles. The maximum absolute atomic E-state index is 10.8. The second-order valence-corrected chi connectivity index (χ2v) is 4.74. The molecule has 2 rings (SSSR count). The van der Waals surface area contributed by atoms with Gasteiger partial charge in [-0.25, -0.2) is 8.42 Å². The molecule has 13 heavy (non-hydrogen) atoms. The quantitative estimate of drug-likeness (QED) is 0.631. The number of hydrogen-bond acceptors (Lipinski definition) is 2. The molecule has 1 aromatic rings. The van der Waals surface area contributed by atoms with Crippen LogP contribution in [0.2, 0.25) is 5.02 Å². The van der Waals surface area contributed by atoms with Crippen LogP contribution in [-0.2, 0) is 9.84 Å². The van der Waals surface area contributed by atoms with E-state index in [-0.39, 0.29) is 12.4 Å². The van der Waals surface area contributed by atoms with Gasteiger partial charge in [-0.15, -0.1) is 0 Å². The van der Waals surface area contributed by atoms with Crippen molar-refractivity contribution in [3.05, 3.63) is 40.3 Å². The molecular weight excluding hydrogens is 231 g/mol. The molecule has 0 saturated carbocycles. The lowest BCUT2D eigenvalue weighted by Crippen LogP contribution is -3.00. The predicted octanol–water partition coefficient (Wildman–Crippen LogP) is -0.929. The Kier molecular flexibility index (Phi) is 2.71. The second-order valence-electron chi connectivity index (χ2n) is 2.53. The molecule has 0 radical (unpaired) electrons. The first kappa shape index (κ1) is 10.6. The minimum atomic E-state index is -2.97. The van der Waals surface area contributed by atoms with E-state index in [0.717, 1.165) is 0 Å². The lowest BCUT2D eigenvalue weighted by Gasteiger charge is -1.91. The number of hydrogen-bond donors (Lipinski definition) is 0. The number of halogens is 2. The van der Waals surface area contributed by atoms with Crippen molar-refractivity contribution in [1.29, 1.82) is 0 Å². The summed E-state index contributed by atoms with van der Waals surface area (Å²) in [5.41, 5.74) is 0.708. The van der Waals surface area contributed by atoms with Gasteiger partial charge in [-0.3, -0.25) is 0 Å². The van der Waals surface area contributed by atoms with Gasteiger partial charge in [0.25, 0.3) is 0 Å². The number of sulfone groups is 1. The van der Waals surface area contributed by atoms with Crippen molar-refractivity contribution in [3.63, 3.8) is 0 Å². The molecule has 0 bridgehead atoms. The van der Waals surface area contributed by atoms with Crippen LogP contribution in [0.1, 0.15) is 5.56 Å². The molecule has 2 nitrogen and oxygen atoms in total. The molecule has 70 valence electrons. The fraction of sp³-hybridized carbons (Fsp3) is 0. The monoisotopic (exact) mass is 235 g/mol. The highest BCUT2D eigenvalue weighted by Gasteiger charge is 2.31. The zero-order valence-electron chi connectivity index (χ0n) is 6.37. The van der Waals surface area contributed by atoms with Crippen LogP contribution in [0.3, 0.4) is 0 Å². The van der Waals surface area contributed by atoms with Crippen molar-refractivity contribution >= 4 is 26.3 Å². The van der Waals surface area contributed by atoms with Crippen LogP contribution in [0.4, 0.5) is 0 Å². The van der Waals surface area contributed by atoms with Gasteiger partial charge in [0.1, 0.15) is 0 Å². The van der Waals surface area contributed by atoms with Crippen LogP contribution in [0.5, 0.6) is 0 Å². The lowest BCUT2D eigenvalue weighted by atomic mass is 10.2. The first-order valence-corrected chi connectivity index (χ1v) is 5.25. The third-order valence-electron chi connectivity index (χ3n) is 1.64. The Bertz CT molecular complexity index is 446. The summed E-state index contributed by atoms with van der Waals surface area (Å²) >= 11 is 5.64. The molecular formula is C8H5Cl2O2S-. The van der Waals surface area contributed by atoms with Gasteiger partial charge in [0, 0.05) is 5.02 Å². The Morgan fingerprint density at radius 3 is 1.92 bits per heavy atom. The summed E-state index contributed by atoms with van der Waals surface area (Å²) in [7, 11) is -2.97.